The molecule has 1 aromatic heterocycles. The van der Waals surface area contributed by atoms with Gasteiger partial charge in [-0.05, 0) is 38.5 Å². The first-order chi connectivity index (χ1) is 8.79. The molecule has 1 aromatic rings. The Bertz CT molecular complexity index is 429. The first-order valence-electron chi connectivity index (χ1n) is 7.06. The molecule has 0 aromatic carbocycles. The van der Waals surface area contributed by atoms with E-state index in [1.54, 1.807) is 0 Å². The summed E-state index contributed by atoms with van der Waals surface area (Å²) in [5.41, 5.74) is 0. The molecule has 0 spiro atoms. The van der Waals surface area contributed by atoms with Crippen molar-refractivity contribution in [2.24, 2.45) is 0 Å². The lowest BCUT2D eigenvalue weighted by Crippen LogP contribution is -2.44. The molecule has 18 heavy (non-hydrogen) atoms. The molecular weight excluding hydrogens is 230 g/mol. The second-order valence-electron chi connectivity index (χ2n) is 6.00. The molecule has 1 aliphatic carbocycles. The molecule has 1 saturated carbocycles. The van der Waals surface area contributed by atoms with Gasteiger partial charge in [0, 0.05) is 18.0 Å². The van der Waals surface area contributed by atoms with Crippen LogP contribution in [0.5, 0.6) is 0 Å². The van der Waals surface area contributed by atoms with Crippen molar-refractivity contribution in [2.45, 2.75) is 69.2 Å². The normalized spacial score (nSPS) is 36.2. The van der Waals surface area contributed by atoms with Gasteiger partial charge < -0.3 is 9.63 Å². The van der Waals surface area contributed by atoms with Gasteiger partial charge in [0.2, 0.25) is 5.89 Å². The van der Waals surface area contributed by atoms with Gasteiger partial charge in [-0.3, -0.25) is 4.90 Å². The predicted octanol–water partition coefficient (Wildman–Crippen LogP) is 1.43. The number of rotatable bonds is 3. The van der Waals surface area contributed by atoms with Crippen molar-refractivity contribution in [1.29, 1.82) is 0 Å². The molecule has 1 N–H and O–H groups in total. The number of aliphatic hydroxyl groups is 1. The number of aliphatic hydroxyl groups excluding tert-OH is 1. The molecule has 5 heteroatoms. The largest absolute Gasteiger partial charge is 0.393 e. The van der Waals surface area contributed by atoms with E-state index in [0.29, 0.717) is 18.0 Å². The molecular formula is C13H19N3O2. The van der Waals surface area contributed by atoms with Gasteiger partial charge in [0.25, 0.3) is 0 Å². The Morgan fingerprint density at radius 3 is 2.56 bits per heavy atom. The molecule has 2 atom stereocenters. The molecule has 2 unspecified atom stereocenters. The van der Waals surface area contributed by atoms with Crippen LogP contribution in [-0.2, 0) is 6.54 Å². The third kappa shape index (κ3) is 1.86. The summed E-state index contributed by atoms with van der Waals surface area (Å²) >= 11 is 0. The van der Waals surface area contributed by atoms with Crippen LogP contribution in [0.3, 0.4) is 0 Å². The van der Waals surface area contributed by atoms with Crippen LogP contribution in [0, 0.1) is 0 Å². The van der Waals surface area contributed by atoms with Crippen molar-refractivity contribution in [2.75, 3.05) is 0 Å². The van der Waals surface area contributed by atoms with Crippen molar-refractivity contribution in [3.05, 3.63) is 11.7 Å². The Morgan fingerprint density at radius 2 is 1.89 bits per heavy atom. The highest BCUT2D eigenvalue weighted by atomic mass is 16.5. The van der Waals surface area contributed by atoms with E-state index in [0.717, 1.165) is 31.1 Å². The van der Waals surface area contributed by atoms with Crippen LogP contribution in [0.1, 0.15) is 56.2 Å². The number of nitrogens with zero attached hydrogens (tertiary/aromatic N) is 3. The Balaban J connectivity index is 1.47. The topological polar surface area (TPSA) is 62.4 Å². The zero-order valence-corrected chi connectivity index (χ0v) is 10.5. The second-order valence-corrected chi connectivity index (χ2v) is 6.00. The zero-order chi connectivity index (χ0) is 12.1. The summed E-state index contributed by atoms with van der Waals surface area (Å²) in [6, 6.07) is 1.02. The third-order valence-electron chi connectivity index (χ3n) is 4.60. The van der Waals surface area contributed by atoms with Crippen LogP contribution in [-0.4, -0.2) is 38.3 Å². The minimum atomic E-state index is -0.108. The highest BCUT2D eigenvalue weighted by Crippen LogP contribution is 2.39. The number of aromatic nitrogens is 2. The fraction of sp³-hybridized carbons (Fsp3) is 0.846. The molecule has 0 amide bonds. The van der Waals surface area contributed by atoms with Crippen molar-refractivity contribution < 1.29 is 9.63 Å². The van der Waals surface area contributed by atoms with Crippen molar-refractivity contribution in [3.8, 4) is 0 Å². The molecule has 0 radical (unpaired) electrons. The van der Waals surface area contributed by atoms with Gasteiger partial charge in [0.1, 0.15) is 0 Å². The lowest BCUT2D eigenvalue weighted by molar-refractivity contribution is 0.0256. The van der Waals surface area contributed by atoms with Gasteiger partial charge >= 0.3 is 0 Å². The van der Waals surface area contributed by atoms with Gasteiger partial charge in [-0.1, -0.05) is 5.16 Å². The first kappa shape index (κ1) is 10.9. The van der Waals surface area contributed by atoms with Crippen LogP contribution in [0.25, 0.3) is 0 Å². The maximum atomic E-state index is 9.78. The van der Waals surface area contributed by atoms with Gasteiger partial charge in [0.15, 0.2) is 5.82 Å². The molecule has 3 heterocycles. The first-order valence-corrected chi connectivity index (χ1v) is 7.06. The summed E-state index contributed by atoms with van der Waals surface area (Å²) in [5.74, 6) is 2.21. The second kappa shape index (κ2) is 4.03. The van der Waals surface area contributed by atoms with E-state index in [1.165, 1.54) is 25.7 Å². The van der Waals surface area contributed by atoms with Crippen molar-refractivity contribution >= 4 is 0 Å². The minimum Gasteiger partial charge on any atom is -0.393 e. The fourth-order valence-corrected chi connectivity index (χ4v) is 3.50. The number of piperidine rings is 1. The summed E-state index contributed by atoms with van der Waals surface area (Å²) in [5, 5.41) is 13.8. The lowest BCUT2D eigenvalue weighted by Gasteiger charge is -2.36. The van der Waals surface area contributed by atoms with Crippen LogP contribution in [0.15, 0.2) is 4.52 Å². The van der Waals surface area contributed by atoms with E-state index < -0.39 is 0 Å². The van der Waals surface area contributed by atoms with Crippen molar-refractivity contribution in [3.63, 3.8) is 0 Å². The van der Waals surface area contributed by atoms with Gasteiger partial charge in [-0.25, -0.2) is 0 Å². The molecule has 2 saturated heterocycles. The Hall–Kier alpha value is -0.940. The van der Waals surface area contributed by atoms with Gasteiger partial charge in [0.05, 0.1) is 12.6 Å². The smallest absolute Gasteiger partial charge is 0.240 e. The Labute approximate surface area is 106 Å². The number of hydrogen-bond donors (Lipinski definition) is 1. The molecule has 2 aliphatic heterocycles. The number of fused-ring (bicyclic) bond motifs is 2. The summed E-state index contributed by atoms with van der Waals surface area (Å²) in [7, 11) is 0. The van der Waals surface area contributed by atoms with E-state index >= 15 is 0 Å². The summed E-state index contributed by atoms with van der Waals surface area (Å²) < 4.78 is 5.35. The molecule has 5 nitrogen and oxygen atoms in total. The molecule has 98 valence electrons. The average molecular weight is 249 g/mol. The minimum absolute atomic E-state index is 0.108. The van der Waals surface area contributed by atoms with E-state index in [-0.39, 0.29) is 6.10 Å². The lowest BCUT2D eigenvalue weighted by atomic mass is 10.00. The Morgan fingerprint density at radius 1 is 1.17 bits per heavy atom. The average Bonchev–Trinajstić information content (AvgIpc) is 3.05. The van der Waals surface area contributed by atoms with Crippen LogP contribution < -0.4 is 0 Å². The molecule has 3 aliphatic rings. The molecule has 3 fully saturated rings. The summed E-state index contributed by atoms with van der Waals surface area (Å²) in [6.45, 7) is 0.766. The molecule has 4 rings (SSSR count). The fourth-order valence-electron chi connectivity index (χ4n) is 3.50. The maximum Gasteiger partial charge on any atom is 0.240 e. The van der Waals surface area contributed by atoms with E-state index in [2.05, 4.69) is 15.0 Å². The Kier molecular flexibility index (Phi) is 2.45. The zero-order valence-electron chi connectivity index (χ0n) is 10.5. The number of hydrogen-bond acceptors (Lipinski definition) is 5. The predicted molar refractivity (Wildman–Crippen MR) is 63.9 cm³/mol. The van der Waals surface area contributed by atoms with E-state index in [4.69, 9.17) is 4.52 Å². The standard InChI is InChI=1S/C13H19N3O2/c17-11-5-9-3-4-10(6-11)16(9)7-12-14-13(15-18-12)8-1-2-8/h8-11,17H,1-7H2. The third-order valence-corrected chi connectivity index (χ3v) is 4.60. The van der Waals surface area contributed by atoms with Crippen LogP contribution in [0.4, 0.5) is 0 Å². The monoisotopic (exact) mass is 249 g/mol. The van der Waals surface area contributed by atoms with Crippen LogP contribution in [0.2, 0.25) is 0 Å². The highest BCUT2D eigenvalue weighted by molar-refractivity contribution is 5.04. The van der Waals surface area contributed by atoms with Gasteiger partial charge in [-0.15, -0.1) is 0 Å². The maximum absolute atomic E-state index is 9.78. The van der Waals surface area contributed by atoms with Gasteiger partial charge in [-0.2, -0.15) is 4.98 Å². The van der Waals surface area contributed by atoms with Crippen LogP contribution >= 0.6 is 0 Å². The SMILES string of the molecule is OC1CC2CCC(C1)N2Cc1nc(C2CC2)no1. The quantitative estimate of drug-likeness (QED) is 0.878. The van der Waals surface area contributed by atoms with E-state index in [9.17, 15) is 5.11 Å². The summed E-state index contributed by atoms with van der Waals surface area (Å²) in [6.07, 6.45) is 6.51. The molecule has 2 bridgehead atoms. The van der Waals surface area contributed by atoms with E-state index in [1.807, 2.05) is 0 Å². The summed E-state index contributed by atoms with van der Waals surface area (Å²) in [4.78, 5) is 6.96. The highest BCUT2D eigenvalue weighted by Gasteiger charge is 2.41. The van der Waals surface area contributed by atoms with Crippen molar-refractivity contribution in [1.82, 2.24) is 15.0 Å².